The van der Waals surface area contributed by atoms with E-state index in [1.807, 2.05) is 0 Å². The monoisotopic (exact) mass is 315 g/mol. The number of likely N-dealkylation sites (tertiary alicyclic amines) is 1. The molecular formula is C14H22FN3O2S. The Labute approximate surface area is 125 Å². The second kappa shape index (κ2) is 6.72. The van der Waals surface area contributed by atoms with E-state index in [-0.39, 0.29) is 16.1 Å². The molecule has 7 heteroatoms. The highest BCUT2D eigenvalue weighted by Gasteiger charge is 2.20. The van der Waals surface area contributed by atoms with Crippen LogP contribution in [0.2, 0.25) is 0 Å². The van der Waals surface area contributed by atoms with E-state index in [1.54, 1.807) is 0 Å². The van der Waals surface area contributed by atoms with Crippen LogP contribution >= 0.6 is 0 Å². The van der Waals surface area contributed by atoms with Crippen LogP contribution in [0, 0.1) is 12.7 Å². The summed E-state index contributed by atoms with van der Waals surface area (Å²) in [6, 6.07) is 2.42. The Morgan fingerprint density at radius 3 is 2.62 bits per heavy atom. The number of rotatable bonds is 5. The minimum absolute atomic E-state index is 0.0846. The van der Waals surface area contributed by atoms with E-state index in [2.05, 4.69) is 9.62 Å². The van der Waals surface area contributed by atoms with Crippen LogP contribution in [0.15, 0.2) is 17.0 Å². The van der Waals surface area contributed by atoms with E-state index in [1.165, 1.54) is 19.4 Å². The van der Waals surface area contributed by atoms with Crippen LogP contribution in [0.1, 0.15) is 24.8 Å². The quantitative estimate of drug-likeness (QED) is 0.807. The number of nitrogens with zero attached hydrogens (tertiary/aromatic N) is 1. The van der Waals surface area contributed by atoms with Crippen LogP contribution in [0.5, 0.6) is 0 Å². The van der Waals surface area contributed by atoms with Crippen LogP contribution in [-0.4, -0.2) is 39.5 Å². The van der Waals surface area contributed by atoms with E-state index < -0.39 is 15.8 Å². The molecule has 3 N–H and O–H groups in total. The molecule has 1 aliphatic heterocycles. The highest BCUT2D eigenvalue weighted by atomic mass is 32.2. The lowest BCUT2D eigenvalue weighted by Gasteiger charge is -2.26. The molecule has 0 aromatic heterocycles. The van der Waals surface area contributed by atoms with Gasteiger partial charge in [-0.15, -0.1) is 0 Å². The van der Waals surface area contributed by atoms with Crippen molar-refractivity contribution < 1.29 is 12.8 Å². The number of nitrogens with one attached hydrogen (secondary N) is 1. The van der Waals surface area contributed by atoms with Gasteiger partial charge in [0.25, 0.3) is 0 Å². The molecule has 0 saturated carbocycles. The Morgan fingerprint density at radius 2 is 1.95 bits per heavy atom. The Morgan fingerprint density at radius 1 is 1.29 bits per heavy atom. The van der Waals surface area contributed by atoms with E-state index in [4.69, 9.17) is 5.73 Å². The lowest BCUT2D eigenvalue weighted by atomic mass is 10.1. The zero-order valence-electron chi connectivity index (χ0n) is 12.2. The molecule has 0 spiro atoms. The maximum Gasteiger partial charge on any atom is 0.241 e. The fourth-order valence-corrected chi connectivity index (χ4v) is 3.86. The average molecular weight is 315 g/mol. The molecule has 5 nitrogen and oxygen atoms in total. The van der Waals surface area contributed by atoms with Gasteiger partial charge in [0.2, 0.25) is 10.0 Å². The summed E-state index contributed by atoms with van der Waals surface area (Å²) in [4.78, 5) is 2.15. The van der Waals surface area contributed by atoms with Gasteiger partial charge in [-0.1, -0.05) is 6.42 Å². The van der Waals surface area contributed by atoms with Crippen molar-refractivity contribution in [1.82, 2.24) is 9.62 Å². The molecule has 118 valence electrons. The standard InChI is InChI=1S/C14H22FN3O2S/c1-11-13(15)9-12(16)10-14(11)21(19,20)17-5-8-18-6-3-2-4-7-18/h9-10,17H,2-8,16H2,1H3. The van der Waals surface area contributed by atoms with Gasteiger partial charge in [0, 0.05) is 24.3 Å². The SMILES string of the molecule is Cc1c(F)cc(N)cc1S(=O)(=O)NCCN1CCCCC1. The molecule has 1 saturated heterocycles. The van der Waals surface area contributed by atoms with Crippen LogP contribution in [0.3, 0.4) is 0 Å². The van der Waals surface area contributed by atoms with Gasteiger partial charge >= 0.3 is 0 Å². The molecule has 1 fully saturated rings. The van der Waals surface area contributed by atoms with Gasteiger partial charge in [0.1, 0.15) is 5.82 Å². The van der Waals surface area contributed by atoms with Crippen molar-refractivity contribution in [2.45, 2.75) is 31.1 Å². The Bertz CT molecular complexity index is 598. The van der Waals surface area contributed by atoms with Gasteiger partial charge in [-0.05, 0) is 45.0 Å². The van der Waals surface area contributed by atoms with Gasteiger partial charge in [0.05, 0.1) is 4.90 Å². The highest BCUT2D eigenvalue weighted by molar-refractivity contribution is 7.89. The minimum atomic E-state index is -3.73. The molecule has 21 heavy (non-hydrogen) atoms. The zero-order valence-corrected chi connectivity index (χ0v) is 13.0. The Hall–Kier alpha value is -1.18. The summed E-state index contributed by atoms with van der Waals surface area (Å²) in [5.74, 6) is -0.605. The molecule has 1 aromatic rings. The van der Waals surface area contributed by atoms with Gasteiger partial charge in [-0.25, -0.2) is 17.5 Å². The number of anilines is 1. The number of nitrogens with two attached hydrogens (primary N) is 1. The third-order valence-corrected chi connectivity index (χ3v) is 5.36. The van der Waals surface area contributed by atoms with Crippen molar-refractivity contribution in [3.05, 3.63) is 23.5 Å². The summed E-state index contributed by atoms with van der Waals surface area (Å²) in [5.41, 5.74) is 5.73. The molecule has 0 aliphatic carbocycles. The first-order chi connectivity index (χ1) is 9.90. The molecular weight excluding hydrogens is 293 g/mol. The summed E-state index contributed by atoms with van der Waals surface area (Å²) in [6.07, 6.45) is 3.56. The van der Waals surface area contributed by atoms with Crippen molar-refractivity contribution >= 4 is 15.7 Å². The van der Waals surface area contributed by atoms with Crippen LogP contribution in [0.25, 0.3) is 0 Å². The number of halogens is 1. The Kier molecular flexibility index (Phi) is 5.18. The molecule has 1 aromatic carbocycles. The third kappa shape index (κ3) is 4.15. The summed E-state index contributed by atoms with van der Waals surface area (Å²) in [5, 5.41) is 0. The predicted octanol–water partition coefficient (Wildman–Crippen LogP) is 1.48. The first kappa shape index (κ1) is 16.2. The lowest BCUT2D eigenvalue weighted by Crippen LogP contribution is -2.37. The van der Waals surface area contributed by atoms with Gasteiger partial charge < -0.3 is 10.6 Å². The van der Waals surface area contributed by atoms with E-state index >= 15 is 0 Å². The largest absolute Gasteiger partial charge is 0.399 e. The molecule has 2 rings (SSSR count). The molecule has 1 aliphatic rings. The van der Waals surface area contributed by atoms with Gasteiger partial charge in [-0.2, -0.15) is 0 Å². The molecule has 0 unspecified atom stereocenters. The second-order valence-corrected chi connectivity index (χ2v) is 7.16. The van der Waals surface area contributed by atoms with Crippen molar-refractivity contribution in [1.29, 1.82) is 0 Å². The smallest absolute Gasteiger partial charge is 0.241 e. The zero-order chi connectivity index (χ0) is 15.5. The van der Waals surface area contributed by atoms with Crippen LogP contribution < -0.4 is 10.5 Å². The fraction of sp³-hybridized carbons (Fsp3) is 0.571. The van der Waals surface area contributed by atoms with E-state index in [0.717, 1.165) is 32.0 Å². The molecule has 0 amide bonds. The fourth-order valence-electron chi connectivity index (χ4n) is 2.55. The first-order valence-corrected chi connectivity index (χ1v) is 8.66. The molecule has 0 radical (unpaired) electrons. The number of sulfonamides is 1. The van der Waals surface area contributed by atoms with Crippen molar-refractivity contribution in [3.63, 3.8) is 0 Å². The second-order valence-electron chi connectivity index (χ2n) is 5.43. The summed E-state index contributed by atoms with van der Waals surface area (Å²) in [6.45, 7) is 4.44. The Balaban J connectivity index is 2.01. The highest BCUT2D eigenvalue weighted by Crippen LogP contribution is 2.21. The average Bonchev–Trinajstić information content (AvgIpc) is 2.43. The van der Waals surface area contributed by atoms with Crippen molar-refractivity contribution in [3.8, 4) is 0 Å². The molecule has 0 bridgehead atoms. The maximum atomic E-state index is 13.6. The van der Waals surface area contributed by atoms with Crippen LogP contribution in [-0.2, 0) is 10.0 Å². The van der Waals surface area contributed by atoms with Crippen LogP contribution in [0.4, 0.5) is 10.1 Å². The predicted molar refractivity (Wildman–Crippen MR) is 81.0 cm³/mol. The summed E-state index contributed by atoms with van der Waals surface area (Å²) >= 11 is 0. The van der Waals surface area contributed by atoms with Gasteiger partial charge in [-0.3, -0.25) is 0 Å². The maximum absolute atomic E-state index is 13.6. The van der Waals surface area contributed by atoms with Gasteiger partial charge in [0.15, 0.2) is 0 Å². The van der Waals surface area contributed by atoms with Crippen molar-refractivity contribution in [2.75, 3.05) is 31.9 Å². The summed E-state index contributed by atoms with van der Waals surface area (Å²) in [7, 11) is -3.73. The number of piperidine rings is 1. The lowest BCUT2D eigenvalue weighted by molar-refractivity contribution is 0.233. The third-order valence-electron chi connectivity index (χ3n) is 3.78. The first-order valence-electron chi connectivity index (χ1n) is 7.18. The normalized spacial score (nSPS) is 17.0. The van der Waals surface area contributed by atoms with Crippen molar-refractivity contribution in [2.24, 2.45) is 0 Å². The summed E-state index contributed by atoms with van der Waals surface area (Å²) < 4.78 is 40.6. The molecule has 1 heterocycles. The molecule has 0 atom stereocenters. The topological polar surface area (TPSA) is 75.4 Å². The number of hydrogen-bond acceptors (Lipinski definition) is 4. The number of hydrogen-bond donors (Lipinski definition) is 2. The minimum Gasteiger partial charge on any atom is -0.399 e. The van der Waals surface area contributed by atoms with E-state index in [9.17, 15) is 12.8 Å². The number of nitrogen functional groups attached to an aromatic ring is 1. The van der Waals surface area contributed by atoms with E-state index in [0.29, 0.717) is 13.1 Å². The number of benzene rings is 1.